The van der Waals surface area contributed by atoms with E-state index in [-0.39, 0.29) is 18.3 Å². The first kappa shape index (κ1) is 13.4. The average molecular weight is 249 g/mol. The molecule has 1 saturated heterocycles. The van der Waals surface area contributed by atoms with Gasteiger partial charge in [0, 0.05) is 24.3 Å². The molecule has 0 aliphatic carbocycles. The van der Waals surface area contributed by atoms with Crippen LogP contribution in [0.3, 0.4) is 0 Å². The third-order valence-electron chi connectivity index (χ3n) is 3.44. The minimum atomic E-state index is -0.380. The first-order valence-corrected chi connectivity index (χ1v) is 6.79. The Morgan fingerprint density at radius 3 is 2.50 bits per heavy atom. The average Bonchev–Trinajstić information content (AvgIpc) is 2.36. The topological polar surface area (TPSA) is 32.7 Å². The van der Waals surface area contributed by atoms with Crippen LogP contribution in [0, 0.1) is 0 Å². The van der Waals surface area contributed by atoms with E-state index in [2.05, 4.69) is 24.8 Å². The third kappa shape index (κ3) is 2.85. The van der Waals surface area contributed by atoms with Gasteiger partial charge in [0.15, 0.2) is 0 Å². The molecule has 2 unspecified atom stereocenters. The second kappa shape index (κ2) is 5.72. The molecule has 1 aliphatic rings. The second-order valence-electron chi connectivity index (χ2n) is 5.15. The van der Waals surface area contributed by atoms with E-state index < -0.39 is 0 Å². The van der Waals surface area contributed by atoms with Crippen molar-refractivity contribution in [2.45, 2.75) is 45.5 Å². The van der Waals surface area contributed by atoms with Crippen LogP contribution >= 0.6 is 0 Å². The quantitative estimate of drug-likeness (QED) is 0.894. The number of para-hydroxylation sites is 1. The molecule has 1 aliphatic heterocycles. The first-order chi connectivity index (χ1) is 8.61. The maximum atomic E-state index is 10.1. The van der Waals surface area contributed by atoms with Crippen molar-refractivity contribution in [3.8, 4) is 0 Å². The molecule has 3 atom stereocenters. The van der Waals surface area contributed by atoms with Gasteiger partial charge in [-0.15, -0.1) is 0 Å². The highest BCUT2D eigenvalue weighted by Crippen LogP contribution is 2.30. The molecule has 0 amide bonds. The number of anilines is 1. The smallest absolute Gasteiger partial charge is 0.0807 e. The standard InChI is InChI=1S/C15H23NO2/c1-4-15(17)13-7-5-6-8-14(13)16-9-11(2)18-12(3)10-16/h5-8,11-12,15,17H,4,9-10H2,1-3H3/t11?,12?,15-/m1/s1. The molecule has 0 saturated carbocycles. The maximum absolute atomic E-state index is 10.1. The number of benzene rings is 1. The molecular weight excluding hydrogens is 226 g/mol. The van der Waals surface area contributed by atoms with Crippen molar-refractivity contribution in [3.05, 3.63) is 29.8 Å². The molecule has 0 radical (unpaired) electrons. The molecule has 3 heteroatoms. The van der Waals surface area contributed by atoms with Crippen molar-refractivity contribution in [1.82, 2.24) is 0 Å². The van der Waals surface area contributed by atoms with Gasteiger partial charge in [-0.2, -0.15) is 0 Å². The molecule has 1 heterocycles. The summed E-state index contributed by atoms with van der Waals surface area (Å²) in [7, 11) is 0. The van der Waals surface area contributed by atoms with Crippen LogP contribution < -0.4 is 4.90 Å². The van der Waals surface area contributed by atoms with Gasteiger partial charge in [-0.05, 0) is 26.3 Å². The Bertz CT molecular complexity index is 384. The van der Waals surface area contributed by atoms with Crippen LogP contribution in [0.1, 0.15) is 38.9 Å². The summed E-state index contributed by atoms with van der Waals surface area (Å²) < 4.78 is 5.76. The van der Waals surface area contributed by atoms with E-state index in [1.807, 2.05) is 25.1 Å². The summed E-state index contributed by atoms with van der Waals surface area (Å²) in [6, 6.07) is 8.14. The van der Waals surface area contributed by atoms with E-state index in [9.17, 15) is 5.11 Å². The predicted octanol–water partition coefficient (Wildman–Crippen LogP) is 2.74. The highest BCUT2D eigenvalue weighted by Gasteiger charge is 2.24. The van der Waals surface area contributed by atoms with Crippen LogP contribution in [0.4, 0.5) is 5.69 Å². The molecule has 100 valence electrons. The van der Waals surface area contributed by atoms with Crippen LogP contribution in [0.5, 0.6) is 0 Å². The third-order valence-corrected chi connectivity index (χ3v) is 3.44. The fourth-order valence-corrected chi connectivity index (χ4v) is 2.65. The van der Waals surface area contributed by atoms with E-state index >= 15 is 0 Å². The van der Waals surface area contributed by atoms with E-state index in [0.717, 1.165) is 30.8 Å². The summed E-state index contributed by atoms with van der Waals surface area (Å²) in [4.78, 5) is 2.33. The number of aliphatic hydroxyl groups is 1. The van der Waals surface area contributed by atoms with Gasteiger partial charge >= 0.3 is 0 Å². The highest BCUT2D eigenvalue weighted by atomic mass is 16.5. The van der Waals surface area contributed by atoms with Gasteiger partial charge in [-0.25, -0.2) is 0 Å². The van der Waals surface area contributed by atoms with Crippen molar-refractivity contribution in [2.75, 3.05) is 18.0 Å². The van der Waals surface area contributed by atoms with E-state index in [1.165, 1.54) is 0 Å². The number of hydrogen-bond donors (Lipinski definition) is 1. The molecule has 0 spiro atoms. The molecule has 18 heavy (non-hydrogen) atoms. The fraction of sp³-hybridized carbons (Fsp3) is 0.600. The van der Waals surface area contributed by atoms with Gasteiger partial charge in [-0.3, -0.25) is 0 Å². The lowest BCUT2D eigenvalue weighted by Crippen LogP contribution is -2.45. The van der Waals surface area contributed by atoms with Crippen LogP contribution in [0.15, 0.2) is 24.3 Å². The predicted molar refractivity (Wildman–Crippen MR) is 73.9 cm³/mol. The monoisotopic (exact) mass is 249 g/mol. The second-order valence-corrected chi connectivity index (χ2v) is 5.15. The van der Waals surface area contributed by atoms with Gasteiger partial charge in [0.1, 0.15) is 0 Å². The lowest BCUT2D eigenvalue weighted by molar-refractivity contribution is -0.00540. The number of ether oxygens (including phenoxy) is 1. The zero-order valence-corrected chi connectivity index (χ0v) is 11.5. The highest BCUT2D eigenvalue weighted by molar-refractivity contribution is 5.55. The fourth-order valence-electron chi connectivity index (χ4n) is 2.65. The Morgan fingerprint density at radius 1 is 1.28 bits per heavy atom. The zero-order valence-electron chi connectivity index (χ0n) is 11.5. The SMILES string of the molecule is CC[C@@H](O)c1ccccc1N1CC(C)OC(C)C1. The van der Waals surface area contributed by atoms with Gasteiger partial charge in [-0.1, -0.05) is 25.1 Å². The van der Waals surface area contributed by atoms with Gasteiger partial charge in [0.05, 0.1) is 18.3 Å². The Kier molecular flexibility index (Phi) is 4.25. The van der Waals surface area contributed by atoms with E-state index in [1.54, 1.807) is 0 Å². The maximum Gasteiger partial charge on any atom is 0.0807 e. The number of hydrogen-bond acceptors (Lipinski definition) is 3. The normalized spacial score (nSPS) is 26.1. The summed E-state index contributed by atoms with van der Waals surface area (Å²) in [5, 5.41) is 10.1. The molecular formula is C15H23NO2. The summed E-state index contributed by atoms with van der Waals surface area (Å²) in [6.45, 7) is 7.98. The Balaban J connectivity index is 2.26. The molecule has 1 N–H and O–H groups in total. The van der Waals surface area contributed by atoms with Crippen LogP contribution in [-0.4, -0.2) is 30.4 Å². The molecule has 1 aromatic carbocycles. The van der Waals surface area contributed by atoms with Crippen molar-refractivity contribution < 1.29 is 9.84 Å². The minimum Gasteiger partial charge on any atom is -0.388 e. The zero-order chi connectivity index (χ0) is 13.1. The van der Waals surface area contributed by atoms with Gasteiger partial charge < -0.3 is 14.7 Å². The van der Waals surface area contributed by atoms with Gasteiger partial charge in [0.2, 0.25) is 0 Å². The molecule has 1 fully saturated rings. The van der Waals surface area contributed by atoms with Crippen molar-refractivity contribution in [3.63, 3.8) is 0 Å². The van der Waals surface area contributed by atoms with Crippen molar-refractivity contribution in [2.24, 2.45) is 0 Å². The lowest BCUT2D eigenvalue weighted by Gasteiger charge is -2.38. The van der Waals surface area contributed by atoms with E-state index in [0.29, 0.717) is 0 Å². The minimum absolute atomic E-state index is 0.237. The number of aliphatic hydroxyl groups excluding tert-OH is 1. The summed E-state index contributed by atoms with van der Waals surface area (Å²) in [5.74, 6) is 0. The van der Waals surface area contributed by atoms with Crippen LogP contribution in [0.2, 0.25) is 0 Å². The first-order valence-electron chi connectivity index (χ1n) is 6.79. The number of morpholine rings is 1. The molecule has 1 aromatic rings. The van der Waals surface area contributed by atoms with Crippen molar-refractivity contribution >= 4 is 5.69 Å². The summed E-state index contributed by atoms with van der Waals surface area (Å²) in [6.07, 6.45) is 0.836. The molecule has 2 rings (SSSR count). The summed E-state index contributed by atoms with van der Waals surface area (Å²) in [5.41, 5.74) is 2.18. The molecule has 0 aromatic heterocycles. The summed E-state index contributed by atoms with van der Waals surface area (Å²) >= 11 is 0. The number of nitrogens with zero attached hydrogens (tertiary/aromatic N) is 1. The largest absolute Gasteiger partial charge is 0.388 e. The lowest BCUT2D eigenvalue weighted by atomic mass is 10.0. The Labute approximate surface area is 109 Å². The number of rotatable bonds is 3. The van der Waals surface area contributed by atoms with Crippen molar-refractivity contribution in [1.29, 1.82) is 0 Å². The van der Waals surface area contributed by atoms with E-state index in [4.69, 9.17) is 4.74 Å². The molecule has 3 nitrogen and oxygen atoms in total. The van der Waals surface area contributed by atoms with Gasteiger partial charge in [0.25, 0.3) is 0 Å². The van der Waals surface area contributed by atoms with Crippen LogP contribution in [-0.2, 0) is 4.74 Å². The molecule has 0 bridgehead atoms. The Hall–Kier alpha value is -1.06. The Morgan fingerprint density at radius 2 is 1.89 bits per heavy atom. The van der Waals surface area contributed by atoms with Crippen LogP contribution in [0.25, 0.3) is 0 Å².